The second-order valence-electron chi connectivity index (χ2n) is 5.58. The SMILES string of the molecule is CCc1ccc(C2=CCN(c3ncccc3[N+](=O)[O-])CC2)cc1. The van der Waals surface area contributed by atoms with Gasteiger partial charge in [-0.25, -0.2) is 4.98 Å². The van der Waals surface area contributed by atoms with Crippen molar-refractivity contribution in [1.29, 1.82) is 0 Å². The molecule has 1 aromatic heterocycles. The summed E-state index contributed by atoms with van der Waals surface area (Å²) in [6, 6.07) is 11.7. The minimum Gasteiger partial charge on any atom is -0.347 e. The van der Waals surface area contributed by atoms with Crippen molar-refractivity contribution in [3.8, 4) is 0 Å². The summed E-state index contributed by atoms with van der Waals surface area (Å²) in [4.78, 5) is 16.9. The summed E-state index contributed by atoms with van der Waals surface area (Å²) < 4.78 is 0. The summed E-state index contributed by atoms with van der Waals surface area (Å²) in [5, 5.41) is 11.1. The Balaban J connectivity index is 1.79. The summed E-state index contributed by atoms with van der Waals surface area (Å²) in [6.07, 6.45) is 5.64. The topological polar surface area (TPSA) is 59.3 Å². The Bertz CT molecular complexity index is 738. The zero-order valence-electron chi connectivity index (χ0n) is 13.1. The Labute approximate surface area is 135 Å². The number of aromatic nitrogens is 1. The van der Waals surface area contributed by atoms with E-state index in [9.17, 15) is 10.1 Å². The van der Waals surface area contributed by atoms with Crippen LogP contribution in [0.4, 0.5) is 11.5 Å². The predicted molar refractivity (Wildman–Crippen MR) is 91.5 cm³/mol. The quantitative estimate of drug-likeness (QED) is 0.636. The molecule has 1 aliphatic rings. The van der Waals surface area contributed by atoms with Crippen LogP contribution in [-0.2, 0) is 6.42 Å². The lowest BCUT2D eigenvalue weighted by Crippen LogP contribution is -2.29. The number of hydrogen-bond donors (Lipinski definition) is 0. The minimum atomic E-state index is -0.370. The van der Waals surface area contributed by atoms with Crippen molar-refractivity contribution < 1.29 is 4.92 Å². The smallest absolute Gasteiger partial charge is 0.311 e. The van der Waals surface area contributed by atoms with E-state index in [-0.39, 0.29) is 10.6 Å². The van der Waals surface area contributed by atoms with E-state index < -0.39 is 0 Å². The molecule has 2 aromatic rings. The molecule has 23 heavy (non-hydrogen) atoms. The van der Waals surface area contributed by atoms with Crippen molar-refractivity contribution in [2.45, 2.75) is 19.8 Å². The van der Waals surface area contributed by atoms with Gasteiger partial charge in [-0.05, 0) is 35.6 Å². The fraction of sp³-hybridized carbons (Fsp3) is 0.278. The summed E-state index contributed by atoms with van der Waals surface area (Å²) in [6.45, 7) is 3.52. The van der Waals surface area contributed by atoms with Gasteiger partial charge in [-0.2, -0.15) is 0 Å². The maximum absolute atomic E-state index is 11.1. The number of hydrogen-bond acceptors (Lipinski definition) is 4. The first-order valence-electron chi connectivity index (χ1n) is 7.81. The van der Waals surface area contributed by atoms with Crippen LogP contribution in [0.15, 0.2) is 48.7 Å². The monoisotopic (exact) mass is 309 g/mol. The molecule has 0 atom stereocenters. The highest BCUT2D eigenvalue weighted by Gasteiger charge is 2.22. The van der Waals surface area contributed by atoms with E-state index in [0.717, 1.165) is 19.4 Å². The molecular formula is C18H19N3O2. The van der Waals surface area contributed by atoms with Gasteiger partial charge in [-0.1, -0.05) is 37.3 Å². The van der Waals surface area contributed by atoms with E-state index in [0.29, 0.717) is 12.4 Å². The van der Waals surface area contributed by atoms with Crippen LogP contribution in [0, 0.1) is 10.1 Å². The summed E-state index contributed by atoms with van der Waals surface area (Å²) in [5.41, 5.74) is 3.92. The Kier molecular flexibility index (Phi) is 4.37. The van der Waals surface area contributed by atoms with Gasteiger partial charge in [-0.3, -0.25) is 10.1 Å². The Morgan fingerprint density at radius 1 is 1.26 bits per heavy atom. The second-order valence-corrected chi connectivity index (χ2v) is 5.58. The largest absolute Gasteiger partial charge is 0.347 e. The van der Waals surface area contributed by atoms with Gasteiger partial charge in [0.15, 0.2) is 0 Å². The summed E-state index contributed by atoms with van der Waals surface area (Å²) in [7, 11) is 0. The molecular weight excluding hydrogens is 290 g/mol. The van der Waals surface area contributed by atoms with Crippen LogP contribution in [0.3, 0.4) is 0 Å². The molecule has 1 aromatic carbocycles. The standard InChI is InChI=1S/C18H19N3O2/c1-2-14-5-7-15(8-6-14)16-9-12-20(13-10-16)18-17(21(22)23)4-3-11-19-18/h3-9,11H,2,10,12-13H2,1H3. The van der Waals surface area contributed by atoms with Crippen molar-refractivity contribution in [2.75, 3.05) is 18.0 Å². The maximum Gasteiger partial charge on any atom is 0.311 e. The number of aryl methyl sites for hydroxylation is 1. The molecule has 3 rings (SSSR count). The number of benzene rings is 1. The van der Waals surface area contributed by atoms with Crippen LogP contribution >= 0.6 is 0 Å². The lowest BCUT2D eigenvalue weighted by Gasteiger charge is -2.27. The third-order valence-electron chi connectivity index (χ3n) is 4.20. The van der Waals surface area contributed by atoms with E-state index in [2.05, 4.69) is 42.2 Å². The first kappa shape index (κ1) is 15.2. The van der Waals surface area contributed by atoms with Crippen LogP contribution in [-0.4, -0.2) is 23.0 Å². The lowest BCUT2D eigenvalue weighted by atomic mass is 9.98. The minimum absolute atomic E-state index is 0.0663. The van der Waals surface area contributed by atoms with Gasteiger partial charge in [0.25, 0.3) is 0 Å². The number of anilines is 1. The van der Waals surface area contributed by atoms with Crippen LogP contribution < -0.4 is 4.90 Å². The third kappa shape index (κ3) is 3.23. The number of nitro groups is 1. The highest BCUT2D eigenvalue weighted by molar-refractivity contribution is 5.69. The lowest BCUT2D eigenvalue weighted by molar-refractivity contribution is -0.384. The molecule has 0 fully saturated rings. The van der Waals surface area contributed by atoms with Crippen molar-refractivity contribution in [3.63, 3.8) is 0 Å². The van der Waals surface area contributed by atoms with Crippen LogP contribution in [0.5, 0.6) is 0 Å². The molecule has 0 unspecified atom stereocenters. The number of nitrogens with zero attached hydrogens (tertiary/aromatic N) is 3. The Hall–Kier alpha value is -2.69. The first-order valence-corrected chi connectivity index (χ1v) is 7.81. The molecule has 2 heterocycles. The van der Waals surface area contributed by atoms with Crippen molar-refractivity contribution in [1.82, 2.24) is 4.98 Å². The normalized spacial score (nSPS) is 14.5. The van der Waals surface area contributed by atoms with Gasteiger partial charge in [0, 0.05) is 25.4 Å². The molecule has 0 saturated heterocycles. The van der Waals surface area contributed by atoms with E-state index in [1.54, 1.807) is 12.3 Å². The molecule has 0 amide bonds. The van der Waals surface area contributed by atoms with Gasteiger partial charge in [0.1, 0.15) is 0 Å². The molecule has 0 N–H and O–H groups in total. The molecule has 0 saturated carbocycles. The second kappa shape index (κ2) is 6.60. The molecule has 0 bridgehead atoms. The molecule has 0 aliphatic carbocycles. The van der Waals surface area contributed by atoms with Crippen molar-refractivity contribution in [3.05, 3.63) is 69.9 Å². The van der Waals surface area contributed by atoms with E-state index >= 15 is 0 Å². The van der Waals surface area contributed by atoms with Crippen molar-refractivity contribution >= 4 is 17.1 Å². The van der Waals surface area contributed by atoms with Gasteiger partial charge in [0.05, 0.1) is 4.92 Å². The van der Waals surface area contributed by atoms with Crippen LogP contribution in [0.2, 0.25) is 0 Å². The molecule has 0 spiro atoms. The van der Waals surface area contributed by atoms with E-state index in [1.165, 1.54) is 22.8 Å². The molecule has 1 aliphatic heterocycles. The molecule has 118 valence electrons. The van der Waals surface area contributed by atoms with Gasteiger partial charge in [-0.15, -0.1) is 0 Å². The Morgan fingerprint density at radius 2 is 2.04 bits per heavy atom. The number of rotatable bonds is 4. The van der Waals surface area contributed by atoms with Crippen LogP contribution in [0.1, 0.15) is 24.5 Å². The third-order valence-corrected chi connectivity index (χ3v) is 4.20. The zero-order chi connectivity index (χ0) is 16.2. The van der Waals surface area contributed by atoms with Crippen molar-refractivity contribution in [2.24, 2.45) is 0 Å². The molecule has 5 heteroatoms. The van der Waals surface area contributed by atoms with Crippen LogP contribution in [0.25, 0.3) is 5.57 Å². The van der Waals surface area contributed by atoms with Gasteiger partial charge >= 0.3 is 5.69 Å². The fourth-order valence-electron chi connectivity index (χ4n) is 2.85. The van der Waals surface area contributed by atoms with Gasteiger partial charge in [0.2, 0.25) is 5.82 Å². The van der Waals surface area contributed by atoms with E-state index in [1.807, 2.05) is 4.90 Å². The number of pyridine rings is 1. The maximum atomic E-state index is 11.1. The Morgan fingerprint density at radius 3 is 2.65 bits per heavy atom. The first-order chi connectivity index (χ1) is 11.2. The van der Waals surface area contributed by atoms with E-state index in [4.69, 9.17) is 0 Å². The van der Waals surface area contributed by atoms with Gasteiger partial charge < -0.3 is 4.90 Å². The zero-order valence-corrected chi connectivity index (χ0v) is 13.1. The summed E-state index contributed by atoms with van der Waals surface area (Å²) >= 11 is 0. The fourth-order valence-corrected chi connectivity index (χ4v) is 2.85. The average Bonchev–Trinajstić information content (AvgIpc) is 2.62. The molecule has 5 nitrogen and oxygen atoms in total. The average molecular weight is 309 g/mol. The highest BCUT2D eigenvalue weighted by Crippen LogP contribution is 2.29. The molecule has 0 radical (unpaired) electrons. The summed E-state index contributed by atoms with van der Waals surface area (Å²) in [5.74, 6) is 0.453. The predicted octanol–water partition coefficient (Wildman–Crippen LogP) is 3.85. The highest BCUT2D eigenvalue weighted by atomic mass is 16.6.